The summed E-state index contributed by atoms with van der Waals surface area (Å²) in [6.45, 7) is 5.55. The second-order valence-electron chi connectivity index (χ2n) is 3.86. The molecule has 0 spiro atoms. The number of nitrogens with one attached hydrogen (secondary N) is 1. The molecule has 0 radical (unpaired) electrons. The molecule has 0 aliphatic heterocycles. The molecule has 0 aliphatic carbocycles. The zero-order valence-corrected chi connectivity index (χ0v) is 11.8. The molecule has 0 saturated heterocycles. The average Bonchev–Trinajstić information content (AvgIpc) is 2.83. The lowest BCUT2D eigenvalue weighted by atomic mass is 10.4. The quantitative estimate of drug-likeness (QED) is 0.785. The monoisotopic (exact) mass is 271 g/mol. The predicted octanol–water partition coefficient (Wildman–Crippen LogP) is 1.27. The summed E-state index contributed by atoms with van der Waals surface area (Å²) in [7, 11) is 0. The molecule has 6 heteroatoms. The van der Waals surface area contributed by atoms with E-state index in [2.05, 4.69) is 17.2 Å². The molecule has 0 unspecified atom stereocenters. The Bertz CT molecular complexity index is 368. The number of carbonyl (C=O) groups is 1. The molecule has 0 bridgehead atoms. The SMILES string of the molecule is CCc1cnc(CCNC(=O)N(CC)CCO)s1. The van der Waals surface area contributed by atoms with Crippen LogP contribution >= 0.6 is 11.3 Å². The van der Waals surface area contributed by atoms with Crippen molar-refractivity contribution >= 4 is 17.4 Å². The van der Waals surface area contributed by atoms with Crippen molar-refractivity contribution in [3.05, 3.63) is 16.1 Å². The van der Waals surface area contributed by atoms with E-state index in [0.717, 1.165) is 17.8 Å². The number of aliphatic hydroxyl groups is 1. The van der Waals surface area contributed by atoms with Crippen LogP contribution in [-0.4, -0.2) is 47.3 Å². The van der Waals surface area contributed by atoms with Gasteiger partial charge in [-0.1, -0.05) is 6.92 Å². The summed E-state index contributed by atoms with van der Waals surface area (Å²) in [5.74, 6) is 0. The Balaban J connectivity index is 2.30. The number of aromatic nitrogens is 1. The standard InChI is InChI=1S/C12H21N3O2S/c1-3-10-9-14-11(18-10)5-6-13-12(17)15(4-2)7-8-16/h9,16H,3-8H2,1-2H3,(H,13,17). The van der Waals surface area contributed by atoms with Crippen LogP contribution in [0.4, 0.5) is 4.79 Å². The first kappa shape index (κ1) is 14.9. The highest BCUT2D eigenvalue weighted by molar-refractivity contribution is 7.11. The van der Waals surface area contributed by atoms with E-state index in [0.29, 0.717) is 19.6 Å². The molecule has 0 fully saturated rings. The minimum atomic E-state index is -0.126. The van der Waals surface area contributed by atoms with Gasteiger partial charge in [-0.05, 0) is 13.3 Å². The first-order chi connectivity index (χ1) is 8.71. The van der Waals surface area contributed by atoms with Crippen molar-refractivity contribution in [3.8, 4) is 0 Å². The number of likely N-dealkylation sites (N-methyl/N-ethyl adjacent to an activating group) is 1. The van der Waals surface area contributed by atoms with Crippen molar-refractivity contribution in [3.63, 3.8) is 0 Å². The third-order valence-electron chi connectivity index (χ3n) is 2.60. The van der Waals surface area contributed by atoms with Gasteiger partial charge in [0.05, 0.1) is 11.6 Å². The van der Waals surface area contributed by atoms with E-state index in [1.165, 1.54) is 4.88 Å². The number of rotatable bonds is 7. The van der Waals surface area contributed by atoms with Crippen LogP contribution in [0.1, 0.15) is 23.7 Å². The average molecular weight is 271 g/mol. The van der Waals surface area contributed by atoms with Crippen LogP contribution in [0, 0.1) is 0 Å². The molecule has 0 atom stereocenters. The smallest absolute Gasteiger partial charge is 0.317 e. The van der Waals surface area contributed by atoms with Gasteiger partial charge < -0.3 is 15.3 Å². The number of carbonyl (C=O) groups excluding carboxylic acids is 1. The number of amides is 2. The van der Waals surface area contributed by atoms with E-state index in [-0.39, 0.29) is 12.6 Å². The van der Waals surface area contributed by atoms with E-state index in [1.807, 2.05) is 13.1 Å². The minimum Gasteiger partial charge on any atom is -0.395 e. The number of nitrogens with zero attached hydrogens (tertiary/aromatic N) is 2. The van der Waals surface area contributed by atoms with Gasteiger partial charge >= 0.3 is 6.03 Å². The Hall–Kier alpha value is -1.14. The van der Waals surface area contributed by atoms with Crippen LogP contribution in [0.5, 0.6) is 0 Å². The van der Waals surface area contributed by atoms with E-state index in [1.54, 1.807) is 16.2 Å². The van der Waals surface area contributed by atoms with Crippen LogP contribution in [0.25, 0.3) is 0 Å². The fourth-order valence-electron chi connectivity index (χ4n) is 1.54. The maximum Gasteiger partial charge on any atom is 0.317 e. The molecule has 1 aromatic heterocycles. The Morgan fingerprint density at radius 1 is 1.56 bits per heavy atom. The predicted molar refractivity (Wildman–Crippen MR) is 72.9 cm³/mol. The van der Waals surface area contributed by atoms with Gasteiger partial charge in [-0.3, -0.25) is 0 Å². The highest BCUT2D eigenvalue weighted by Gasteiger charge is 2.10. The number of hydrogen-bond acceptors (Lipinski definition) is 4. The van der Waals surface area contributed by atoms with Crippen LogP contribution in [-0.2, 0) is 12.8 Å². The topological polar surface area (TPSA) is 65.5 Å². The second kappa shape index (κ2) is 8.05. The lowest BCUT2D eigenvalue weighted by molar-refractivity contribution is 0.180. The van der Waals surface area contributed by atoms with Crippen molar-refractivity contribution in [2.24, 2.45) is 0 Å². The molecular weight excluding hydrogens is 250 g/mol. The maximum atomic E-state index is 11.7. The summed E-state index contributed by atoms with van der Waals surface area (Å²) < 4.78 is 0. The van der Waals surface area contributed by atoms with E-state index >= 15 is 0 Å². The van der Waals surface area contributed by atoms with Crippen molar-refractivity contribution in [1.29, 1.82) is 0 Å². The molecule has 102 valence electrons. The lowest BCUT2D eigenvalue weighted by Gasteiger charge is -2.19. The van der Waals surface area contributed by atoms with E-state index in [4.69, 9.17) is 5.11 Å². The second-order valence-corrected chi connectivity index (χ2v) is 5.06. The van der Waals surface area contributed by atoms with Gasteiger partial charge in [0.15, 0.2) is 0 Å². The van der Waals surface area contributed by atoms with Gasteiger partial charge in [-0.2, -0.15) is 0 Å². The molecule has 0 saturated carbocycles. The van der Waals surface area contributed by atoms with Gasteiger partial charge in [0.2, 0.25) is 0 Å². The third-order valence-corrected chi connectivity index (χ3v) is 3.81. The van der Waals surface area contributed by atoms with E-state index < -0.39 is 0 Å². The summed E-state index contributed by atoms with van der Waals surface area (Å²) in [4.78, 5) is 18.9. The highest BCUT2D eigenvalue weighted by Crippen LogP contribution is 2.13. The molecule has 18 heavy (non-hydrogen) atoms. The van der Waals surface area contributed by atoms with Gasteiger partial charge in [0.1, 0.15) is 0 Å². The number of aryl methyl sites for hydroxylation is 1. The summed E-state index contributed by atoms with van der Waals surface area (Å²) in [5.41, 5.74) is 0. The number of thiazole rings is 1. The molecule has 2 amide bonds. The summed E-state index contributed by atoms with van der Waals surface area (Å²) >= 11 is 1.69. The highest BCUT2D eigenvalue weighted by atomic mass is 32.1. The van der Waals surface area contributed by atoms with Crippen molar-refractivity contribution in [2.45, 2.75) is 26.7 Å². The van der Waals surface area contributed by atoms with Gasteiger partial charge in [0, 0.05) is 37.1 Å². The minimum absolute atomic E-state index is 0.00635. The Morgan fingerprint density at radius 3 is 2.89 bits per heavy atom. The Morgan fingerprint density at radius 2 is 2.33 bits per heavy atom. The molecule has 5 nitrogen and oxygen atoms in total. The lowest BCUT2D eigenvalue weighted by Crippen LogP contribution is -2.42. The Labute approximate surface area is 112 Å². The molecule has 1 heterocycles. The fraction of sp³-hybridized carbons (Fsp3) is 0.667. The Kier molecular flexibility index (Phi) is 6.67. The summed E-state index contributed by atoms with van der Waals surface area (Å²) in [5, 5.41) is 12.7. The molecular formula is C12H21N3O2S. The fourth-order valence-corrected chi connectivity index (χ4v) is 2.40. The van der Waals surface area contributed by atoms with Crippen molar-refractivity contribution in [1.82, 2.24) is 15.2 Å². The van der Waals surface area contributed by atoms with Gasteiger partial charge in [-0.15, -0.1) is 11.3 Å². The normalized spacial score (nSPS) is 10.4. The molecule has 0 aliphatic rings. The van der Waals surface area contributed by atoms with Crippen molar-refractivity contribution < 1.29 is 9.90 Å². The summed E-state index contributed by atoms with van der Waals surface area (Å²) in [6, 6.07) is -0.126. The van der Waals surface area contributed by atoms with Crippen LogP contribution in [0.2, 0.25) is 0 Å². The van der Waals surface area contributed by atoms with Crippen LogP contribution < -0.4 is 5.32 Å². The zero-order valence-electron chi connectivity index (χ0n) is 11.0. The van der Waals surface area contributed by atoms with Crippen LogP contribution in [0.3, 0.4) is 0 Å². The van der Waals surface area contributed by atoms with Crippen LogP contribution in [0.15, 0.2) is 6.20 Å². The molecule has 1 aromatic rings. The number of urea groups is 1. The molecule has 1 rings (SSSR count). The third kappa shape index (κ3) is 4.62. The van der Waals surface area contributed by atoms with E-state index in [9.17, 15) is 4.79 Å². The maximum absolute atomic E-state index is 11.7. The number of aliphatic hydroxyl groups excluding tert-OH is 1. The first-order valence-electron chi connectivity index (χ1n) is 6.28. The zero-order chi connectivity index (χ0) is 13.4. The van der Waals surface area contributed by atoms with Gasteiger partial charge in [0.25, 0.3) is 0 Å². The van der Waals surface area contributed by atoms with Gasteiger partial charge in [-0.25, -0.2) is 9.78 Å². The first-order valence-corrected chi connectivity index (χ1v) is 7.10. The largest absolute Gasteiger partial charge is 0.395 e. The number of hydrogen-bond donors (Lipinski definition) is 2. The van der Waals surface area contributed by atoms with Crippen molar-refractivity contribution in [2.75, 3.05) is 26.2 Å². The molecule has 0 aromatic carbocycles. The molecule has 2 N–H and O–H groups in total. The summed E-state index contributed by atoms with van der Waals surface area (Å²) in [6.07, 6.45) is 3.66.